The third-order valence-electron chi connectivity index (χ3n) is 4.06. The maximum atomic E-state index is 12.9. The summed E-state index contributed by atoms with van der Waals surface area (Å²) in [6.45, 7) is 5.80. The van der Waals surface area contributed by atoms with Crippen LogP contribution in [-0.4, -0.2) is 48.8 Å². The van der Waals surface area contributed by atoms with Gasteiger partial charge < -0.3 is 4.74 Å². The highest BCUT2D eigenvalue weighted by Gasteiger charge is 2.31. The predicted octanol–water partition coefficient (Wildman–Crippen LogP) is 1.57. The van der Waals surface area contributed by atoms with Crippen LogP contribution in [0.15, 0.2) is 35.2 Å². The molecule has 0 amide bonds. The highest BCUT2D eigenvalue weighted by atomic mass is 32.2. The van der Waals surface area contributed by atoms with Crippen molar-refractivity contribution < 1.29 is 13.2 Å². The number of hydrogen-bond acceptors (Lipinski definition) is 4. The van der Waals surface area contributed by atoms with Crippen molar-refractivity contribution in [2.75, 3.05) is 26.3 Å². The van der Waals surface area contributed by atoms with E-state index in [0.29, 0.717) is 49.1 Å². The molecular weight excluding hydrogens is 314 g/mol. The molecule has 1 aliphatic heterocycles. The second kappa shape index (κ2) is 6.43. The van der Waals surface area contributed by atoms with E-state index in [1.54, 1.807) is 11.6 Å². The molecule has 1 aliphatic rings. The Hall–Kier alpha value is -1.70. The van der Waals surface area contributed by atoms with Crippen molar-refractivity contribution in [3.8, 4) is 0 Å². The first-order chi connectivity index (χ1) is 11.0. The zero-order valence-corrected chi connectivity index (χ0v) is 14.2. The van der Waals surface area contributed by atoms with E-state index in [9.17, 15) is 8.42 Å². The van der Waals surface area contributed by atoms with Crippen LogP contribution in [0.2, 0.25) is 0 Å². The molecule has 1 fully saturated rings. The first-order valence-corrected chi connectivity index (χ1v) is 9.10. The van der Waals surface area contributed by atoms with E-state index < -0.39 is 10.0 Å². The van der Waals surface area contributed by atoms with E-state index in [-0.39, 0.29) is 0 Å². The summed E-state index contributed by atoms with van der Waals surface area (Å²) in [7, 11) is -3.52. The standard InChI is InChI=1S/C16H21N3O3S/c1-13-16(23(20,21)18-8-10-22-11-9-18)14(2)19(17-13)12-15-6-4-3-5-7-15/h3-7H,8-12H2,1-2H3. The van der Waals surface area contributed by atoms with E-state index in [0.717, 1.165) is 5.56 Å². The molecule has 1 aromatic carbocycles. The summed E-state index contributed by atoms with van der Waals surface area (Å²) < 4.78 is 34.3. The van der Waals surface area contributed by atoms with Crippen molar-refractivity contribution in [2.45, 2.75) is 25.3 Å². The number of rotatable bonds is 4. The molecule has 1 saturated heterocycles. The van der Waals surface area contributed by atoms with Crippen molar-refractivity contribution in [3.63, 3.8) is 0 Å². The molecule has 124 valence electrons. The fraction of sp³-hybridized carbons (Fsp3) is 0.438. The molecule has 0 N–H and O–H groups in total. The first kappa shape index (κ1) is 16.2. The normalized spacial score (nSPS) is 16.6. The average molecular weight is 335 g/mol. The van der Waals surface area contributed by atoms with Gasteiger partial charge in [-0.05, 0) is 19.4 Å². The molecule has 3 rings (SSSR count). The Labute approximate surface area is 136 Å². The quantitative estimate of drug-likeness (QED) is 0.851. The molecule has 0 atom stereocenters. The van der Waals surface area contributed by atoms with E-state index >= 15 is 0 Å². The van der Waals surface area contributed by atoms with E-state index in [2.05, 4.69) is 5.10 Å². The van der Waals surface area contributed by atoms with Gasteiger partial charge in [-0.1, -0.05) is 30.3 Å². The van der Waals surface area contributed by atoms with Crippen LogP contribution in [-0.2, 0) is 21.3 Å². The van der Waals surface area contributed by atoms with E-state index in [1.807, 2.05) is 37.3 Å². The molecule has 0 spiro atoms. The Bertz CT molecular complexity index is 778. The van der Waals surface area contributed by atoms with Crippen LogP contribution in [0.3, 0.4) is 0 Å². The predicted molar refractivity (Wildman–Crippen MR) is 86.8 cm³/mol. The smallest absolute Gasteiger partial charge is 0.246 e. The number of aromatic nitrogens is 2. The highest BCUT2D eigenvalue weighted by molar-refractivity contribution is 7.89. The van der Waals surface area contributed by atoms with Gasteiger partial charge in [-0.25, -0.2) is 8.42 Å². The molecule has 0 radical (unpaired) electrons. The van der Waals surface area contributed by atoms with Gasteiger partial charge >= 0.3 is 0 Å². The Kier molecular flexibility index (Phi) is 4.52. The van der Waals surface area contributed by atoms with Gasteiger partial charge in [-0.15, -0.1) is 0 Å². The molecule has 0 saturated carbocycles. The highest BCUT2D eigenvalue weighted by Crippen LogP contribution is 2.24. The van der Waals surface area contributed by atoms with E-state index in [4.69, 9.17) is 4.74 Å². The van der Waals surface area contributed by atoms with Crippen LogP contribution >= 0.6 is 0 Å². The topological polar surface area (TPSA) is 64.4 Å². The average Bonchev–Trinajstić information content (AvgIpc) is 2.83. The molecule has 1 aromatic heterocycles. The summed E-state index contributed by atoms with van der Waals surface area (Å²) in [4.78, 5) is 0.329. The molecule has 23 heavy (non-hydrogen) atoms. The van der Waals surface area contributed by atoms with Gasteiger partial charge in [0.05, 0.1) is 31.1 Å². The lowest BCUT2D eigenvalue weighted by atomic mass is 10.2. The largest absolute Gasteiger partial charge is 0.379 e. The van der Waals surface area contributed by atoms with Crippen LogP contribution < -0.4 is 0 Å². The summed E-state index contributed by atoms with van der Waals surface area (Å²) in [5.74, 6) is 0. The third kappa shape index (κ3) is 3.17. The second-order valence-electron chi connectivity index (χ2n) is 5.66. The van der Waals surface area contributed by atoms with Crippen molar-refractivity contribution in [2.24, 2.45) is 0 Å². The van der Waals surface area contributed by atoms with Gasteiger partial charge in [0, 0.05) is 13.1 Å². The molecule has 0 unspecified atom stereocenters. The minimum absolute atomic E-state index is 0.329. The lowest BCUT2D eigenvalue weighted by Crippen LogP contribution is -2.41. The molecule has 7 heteroatoms. The first-order valence-electron chi connectivity index (χ1n) is 7.66. The Morgan fingerprint density at radius 2 is 1.78 bits per heavy atom. The molecular formula is C16H21N3O3S. The maximum Gasteiger partial charge on any atom is 0.246 e. The maximum absolute atomic E-state index is 12.9. The fourth-order valence-corrected chi connectivity index (χ4v) is 4.66. The van der Waals surface area contributed by atoms with Crippen LogP contribution in [0.4, 0.5) is 0 Å². The van der Waals surface area contributed by atoms with Crippen LogP contribution in [0, 0.1) is 13.8 Å². The number of hydrogen-bond donors (Lipinski definition) is 0. The Morgan fingerprint density at radius 3 is 2.43 bits per heavy atom. The van der Waals surface area contributed by atoms with Crippen LogP contribution in [0.5, 0.6) is 0 Å². The molecule has 0 bridgehead atoms. The zero-order chi connectivity index (χ0) is 16.4. The molecule has 6 nitrogen and oxygen atoms in total. The lowest BCUT2D eigenvalue weighted by molar-refractivity contribution is 0.0730. The van der Waals surface area contributed by atoms with Crippen molar-refractivity contribution in [1.29, 1.82) is 0 Å². The SMILES string of the molecule is Cc1nn(Cc2ccccc2)c(C)c1S(=O)(=O)N1CCOCC1. The summed E-state index contributed by atoms with van der Waals surface area (Å²) in [6.07, 6.45) is 0. The second-order valence-corrected chi connectivity index (χ2v) is 7.53. The van der Waals surface area contributed by atoms with Crippen LogP contribution in [0.1, 0.15) is 17.0 Å². The Balaban J connectivity index is 1.94. The number of nitrogens with zero attached hydrogens (tertiary/aromatic N) is 3. The fourth-order valence-electron chi connectivity index (χ4n) is 2.88. The zero-order valence-electron chi connectivity index (χ0n) is 13.4. The number of sulfonamides is 1. The minimum atomic E-state index is -3.52. The molecule has 0 aliphatic carbocycles. The van der Waals surface area contributed by atoms with Gasteiger partial charge in [0.15, 0.2) is 0 Å². The molecule has 2 heterocycles. The number of ether oxygens (including phenoxy) is 1. The summed E-state index contributed by atoms with van der Waals surface area (Å²) >= 11 is 0. The van der Waals surface area contributed by atoms with Gasteiger partial charge in [0.2, 0.25) is 10.0 Å². The monoisotopic (exact) mass is 335 g/mol. The van der Waals surface area contributed by atoms with Crippen molar-refractivity contribution in [3.05, 3.63) is 47.3 Å². The number of aryl methyl sites for hydroxylation is 1. The third-order valence-corrected chi connectivity index (χ3v) is 6.21. The lowest BCUT2D eigenvalue weighted by Gasteiger charge is -2.26. The summed E-state index contributed by atoms with van der Waals surface area (Å²) in [5.41, 5.74) is 2.32. The van der Waals surface area contributed by atoms with Crippen molar-refractivity contribution in [1.82, 2.24) is 14.1 Å². The summed E-state index contributed by atoms with van der Waals surface area (Å²) in [6, 6.07) is 9.90. The minimum Gasteiger partial charge on any atom is -0.379 e. The number of morpholine rings is 1. The van der Waals surface area contributed by atoms with Crippen LogP contribution in [0.25, 0.3) is 0 Å². The van der Waals surface area contributed by atoms with Gasteiger partial charge in [0.1, 0.15) is 4.90 Å². The van der Waals surface area contributed by atoms with Gasteiger partial charge in [-0.2, -0.15) is 9.40 Å². The Morgan fingerprint density at radius 1 is 1.13 bits per heavy atom. The van der Waals surface area contributed by atoms with Crippen molar-refractivity contribution >= 4 is 10.0 Å². The van der Waals surface area contributed by atoms with Gasteiger partial charge in [-0.3, -0.25) is 4.68 Å². The van der Waals surface area contributed by atoms with Gasteiger partial charge in [0.25, 0.3) is 0 Å². The molecule has 2 aromatic rings. The number of benzene rings is 1. The van der Waals surface area contributed by atoms with E-state index in [1.165, 1.54) is 4.31 Å². The summed E-state index contributed by atoms with van der Waals surface area (Å²) in [5, 5.41) is 4.45.